The number of carbonyl (C=O) groups excluding carboxylic acids is 1. The Morgan fingerprint density at radius 2 is 1.86 bits per heavy atom. The molecule has 2 N–H and O–H groups in total. The Balaban J connectivity index is 2.29. The van der Waals surface area contributed by atoms with Gasteiger partial charge in [0.05, 0.1) is 0 Å². The molecule has 0 fully saturated rings. The van der Waals surface area contributed by atoms with E-state index in [-0.39, 0.29) is 11.3 Å². The summed E-state index contributed by atoms with van der Waals surface area (Å²) < 4.78 is 0.801. The average molecular weight is 343 g/mol. The number of carbonyl (C=O) groups is 1. The van der Waals surface area contributed by atoms with Crippen molar-refractivity contribution in [2.24, 2.45) is 0 Å². The van der Waals surface area contributed by atoms with Crippen molar-refractivity contribution in [2.45, 2.75) is 0 Å². The lowest BCUT2D eigenvalue weighted by molar-refractivity contribution is -0.112. The minimum absolute atomic E-state index is 0.332. The van der Waals surface area contributed by atoms with E-state index in [0.29, 0.717) is 11.3 Å². The second-order valence-electron chi connectivity index (χ2n) is 4.17. The highest BCUT2D eigenvalue weighted by Gasteiger charge is 2.16. The zero-order chi connectivity index (χ0) is 15.2. The van der Waals surface area contributed by atoms with Gasteiger partial charge in [-0.05, 0) is 18.2 Å². The van der Waals surface area contributed by atoms with Gasteiger partial charge in [0.15, 0.2) is 5.57 Å². The van der Waals surface area contributed by atoms with Crippen molar-refractivity contribution in [3.05, 3.63) is 70.2 Å². The Morgan fingerprint density at radius 1 is 1.14 bits per heavy atom. The maximum atomic E-state index is 12.1. The van der Waals surface area contributed by atoms with Crippen molar-refractivity contribution >= 4 is 33.3 Å². The summed E-state index contributed by atoms with van der Waals surface area (Å²) in [6, 6.07) is 17.2. The summed E-state index contributed by atoms with van der Waals surface area (Å²) in [5.74, 6) is -0.998. The number of aliphatic hydroxyl groups is 1. The first-order valence-electron chi connectivity index (χ1n) is 6.07. The number of benzene rings is 2. The number of aliphatic hydroxyl groups excluding tert-OH is 1. The van der Waals surface area contributed by atoms with Gasteiger partial charge in [0, 0.05) is 15.7 Å². The Morgan fingerprint density at radius 3 is 2.48 bits per heavy atom. The number of rotatable bonds is 3. The van der Waals surface area contributed by atoms with Crippen LogP contribution in [0.1, 0.15) is 5.56 Å². The van der Waals surface area contributed by atoms with Gasteiger partial charge < -0.3 is 10.4 Å². The van der Waals surface area contributed by atoms with Crippen molar-refractivity contribution in [2.75, 3.05) is 5.32 Å². The number of nitriles is 1. The van der Waals surface area contributed by atoms with Gasteiger partial charge in [-0.2, -0.15) is 5.26 Å². The van der Waals surface area contributed by atoms with Crippen molar-refractivity contribution in [1.29, 1.82) is 5.26 Å². The fraction of sp³-hybridized carbons (Fsp3) is 0. The van der Waals surface area contributed by atoms with Crippen LogP contribution in [0.25, 0.3) is 5.76 Å². The highest BCUT2D eigenvalue weighted by atomic mass is 79.9. The maximum Gasteiger partial charge on any atom is 0.270 e. The number of nitrogens with zero attached hydrogens (tertiary/aromatic N) is 1. The summed E-state index contributed by atoms with van der Waals surface area (Å²) in [5, 5.41) is 21.8. The van der Waals surface area contributed by atoms with E-state index in [1.54, 1.807) is 54.6 Å². The minimum atomic E-state index is -0.656. The van der Waals surface area contributed by atoms with Crippen LogP contribution in [-0.4, -0.2) is 11.0 Å². The summed E-state index contributed by atoms with van der Waals surface area (Å²) in [5.41, 5.74) is 0.614. The smallest absolute Gasteiger partial charge is 0.270 e. The van der Waals surface area contributed by atoms with E-state index in [9.17, 15) is 9.90 Å². The molecule has 0 saturated heterocycles. The normalized spacial score (nSPS) is 11.2. The lowest BCUT2D eigenvalue weighted by Crippen LogP contribution is -2.15. The molecule has 21 heavy (non-hydrogen) atoms. The summed E-state index contributed by atoms with van der Waals surface area (Å²) in [6.45, 7) is 0. The Labute approximate surface area is 130 Å². The van der Waals surface area contributed by atoms with E-state index in [2.05, 4.69) is 21.2 Å². The minimum Gasteiger partial charge on any atom is -0.506 e. The molecule has 0 aromatic heterocycles. The highest BCUT2D eigenvalue weighted by Crippen LogP contribution is 2.19. The number of anilines is 1. The molecule has 4 nitrogen and oxygen atoms in total. The summed E-state index contributed by atoms with van der Waals surface area (Å²) in [7, 11) is 0. The number of hydrogen-bond donors (Lipinski definition) is 2. The molecule has 104 valence electrons. The zero-order valence-electron chi connectivity index (χ0n) is 10.9. The molecule has 0 aliphatic rings. The van der Waals surface area contributed by atoms with Crippen LogP contribution in [0.15, 0.2) is 64.6 Å². The third-order valence-corrected chi connectivity index (χ3v) is 3.20. The van der Waals surface area contributed by atoms with Crippen LogP contribution in [0, 0.1) is 11.3 Å². The molecule has 2 aromatic carbocycles. The fourth-order valence-corrected chi connectivity index (χ4v) is 2.11. The second-order valence-corrected chi connectivity index (χ2v) is 5.08. The molecule has 1 amide bonds. The van der Waals surface area contributed by atoms with E-state index < -0.39 is 5.91 Å². The summed E-state index contributed by atoms with van der Waals surface area (Å²) >= 11 is 3.29. The first-order valence-corrected chi connectivity index (χ1v) is 6.87. The van der Waals surface area contributed by atoms with E-state index in [1.165, 1.54) is 0 Å². The molecule has 0 heterocycles. The van der Waals surface area contributed by atoms with Crippen molar-refractivity contribution in [3.63, 3.8) is 0 Å². The summed E-state index contributed by atoms with van der Waals surface area (Å²) in [6.07, 6.45) is 0. The molecular formula is C16H11BrN2O2. The van der Waals surface area contributed by atoms with Gasteiger partial charge in [-0.25, -0.2) is 0 Å². The van der Waals surface area contributed by atoms with Gasteiger partial charge in [0.25, 0.3) is 5.91 Å². The predicted molar refractivity (Wildman–Crippen MR) is 84.4 cm³/mol. The van der Waals surface area contributed by atoms with E-state index >= 15 is 0 Å². The number of nitrogens with one attached hydrogen (secondary N) is 1. The first-order chi connectivity index (χ1) is 10.1. The van der Waals surface area contributed by atoms with Crippen LogP contribution in [0.4, 0.5) is 5.69 Å². The first kappa shape index (κ1) is 14.8. The largest absolute Gasteiger partial charge is 0.506 e. The number of halogens is 1. The van der Waals surface area contributed by atoms with E-state index in [4.69, 9.17) is 5.26 Å². The summed E-state index contributed by atoms with van der Waals surface area (Å²) in [4.78, 5) is 12.1. The quantitative estimate of drug-likeness (QED) is 0.505. The van der Waals surface area contributed by atoms with Gasteiger partial charge in [-0.3, -0.25) is 4.79 Å². The second kappa shape index (κ2) is 6.73. The third-order valence-electron chi connectivity index (χ3n) is 2.71. The maximum absolute atomic E-state index is 12.1. The van der Waals surface area contributed by atoms with Gasteiger partial charge in [-0.15, -0.1) is 0 Å². The molecule has 2 aromatic rings. The fourth-order valence-electron chi connectivity index (χ4n) is 1.71. The van der Waals surface area contributed by atoms with Crippen LogP contribution in [-0.2, 0) is 4.79 Å². The van der Waals surface area contributed by atoms with Crippen LogP contribution >= 0.6 is 15.9 Å². The molecule has 5 heteroatoms. The molecule has 0 atom stereocenters. The van der Waals surface area contributed by atoms with E-state index in [0.717, 1.165) is 4.47 Å². The van der Waals surface area contributed by atoms with Crippen LogP contribution < -0.4 is 5.32 Å². The van der Waals surface area contributed by atoms with Crippen molar-refractivity contribution < 1.29 is 9.90 Å². The number of amides is 1. The lowest BCUT2D eigenvalue weighted by Gasteiger charge is -2.07. The molecule has 2 rings (SSSR count). The van der Waals surface area contributed by atoms with Crippen LogP contribution in [0.5, 0.6) is 0 Å². The molecule has 0 aliphatic heterocycles. The van der Waals surface area contributed by atoms with E-state index in [1.807, 2.05) is 6.07 Å². The average Bonchev–Trinajstić information content (AvgIpc) is 2.48. The standard InChI is InChI=1S/C16H11BrN2O2/c17-12-7-4-8-13(9-12)19-16(21)14(10-18)15(20)11-5-2-1-3-6-11/h1-9,20H,(H,19,21)/b15-14-. The molecular weight excluding hydrogens is 332 g/mol. The predicted octanol–water partition coefficient (Wildman–Crippen LogP) is 3.88. The number of hydrogen-bond acceptors (Lipinski definition) is 3. The zero-order valence-corrected chi connectivity index (χ0v) is 12.5. The third kappa shape index (κ3) is 3.71. The van der Waals surface area contributed by atoms with Crippen LogP contribution in [0.3, 0.4) is 0 Å². The molecule has 0 unspecified atom stereocenters. The van der Waals surface area contributed by atoms with Gasteiger partial charge in [0.2, 0.25) is 0 Å². The lowest BCUT2D eigenvalue weighted by atomic mass is 10.1. The monoisotopic (exact) mass is 342 g/mol. The Bertz CT molecular complexity index is 733. The topological polar surface area (TPSA) is 73.1 Å². The molecule has 0 aliphatic carbocycles. The Kier molecular flexibility index (Phi) is 4.75. The van der Waals surface area contributed by atoms with Gasteiger partial charge >= 0.3 is 0 Å². The van der Waals surface area contributed by atoms with Crippen LogP contribution in [0.2, 0.25) is 0 Å². The molecule has 0 bridgehead atoms. The van der Waals surface area contributed by atoms with Crippen molar-refractivity contribution in [3.8, 4) is 6.07 Å². The van der Waals surface area contributed by atoms with Crippen molar-refractivity contribution in [1.82, 2.24) is 0 Å². The molecule has 0 radical (unpaired) electrons. The Hall–Kier alpha value is -2.58. The highest BCUT2D eigenvalue weighted by molar-refractivity contribution is 9.10. The molecule has 0 saturated carbocycles. The SMILES string of the molecule is N#C/C(C(=O)Nc1cccc(Br)c1)=C(/O)c1ccccc1. The van der Waals surface area contributed by atoms with Gasteiger partial charge in [0.1, 0.15) is 11.8 Å². The molecule has 0 spiro atoms. The van der Waals surface area contributed by atoms with Gasteiger partial charge in [-0.1, -0.05) is 52.3 Å².